The monoisotopic (exact) mass is 348 g/mol. The van der Waals surface area contributed by atoms with Crippen molar-refractivity contribution in [2.75, 3.05) is 12.9 Å². The molecule has 0 radical (unpaired) electrons. The summed E-state index contributed by atoms with van der Waals surface area (Å²) in [5, 5.41) is 0. The van der Waals surface area contributed by atoms with Crippen molar-refractivity contribution in [1.82, 2.24) is 0 Å². The lowest BCUT2D eigenvalue weighted by atomic mass is 9.97. The van der Waals surface area contributed by atoms with Gasteiger partial charge in [0.05, 0.1) is 10.8 Å². The first-order valence-corrected chi connectivity index (χ1v) is 9.59. The van der Waals surface area contributed by atoms with E-state index in [0.29, 0.717) is 18.4 Å². The molecule has 0 aliphatic carbocycles. The zero-order valence-electron chi connectivity index (χ0n) is 14.2. The van der Waals surface area contributed by atoms with Crippen molar-refractivity contribution < 1.29 is 17.9 Å². The summed E-state index contributed by atoms with van der Waals surface area (Å²) in [6, 6.07) is 6.66. The molecular formula is C19H24O4S. The Morgan fingerprint density at radius 1 is 1.38 bits per heavy atom. The van der Waals surface area contributed by atoms with Crippen molar-refractivity contribution >= 4 is 15.8 Å². The summed E-state index contributed by atoms with van der Waals surface area (Å²) in [7, 11) is -3.26. The van der Waals surface area contributed by atoms with Crippen molar-refractivity contribution in [2.24, 2.45) is 5.92 Å². The molecule has 0 aliphatic heterocycles. The number of hydrogen-bond acceptors (Lipinski definition) is 4. The van der Waals surface area contributed by atoms with E-state index in [4.69, 9.17) is 4.74 Å². The minimum absolute atomic E-state index is 0.128. The van der Waals surface area contributed by atoms with E-state index in [1.807, 2.05) is 13.0 Å². The molecule has 130 valence electrons. The van der Waals surface area contributed by atoms with Crippen LogP contribution < -0.4 is 0 Å². The van der Waals surface area contributed by atoms with E-state index in [1.54, 1.807) is 36.4 Å². The van der Waals surface area contributed by atoms with Gasteiger partial charge in [-0.25, -0.2) is 8.42 Å². The topological polar surface area (TPSA) is 60.4 Å². The van der Waals surface area contributed by atoms with Gasteiger partial charge in [0.2, 0.25) is 0 Å². The summed E-state index contributed by atoms with van der Waals surface area (Å²) in [6.45, 7) is 9.39. The van der Waals surface area contributed by atoms with Crippen LogP contribution in [-0.4, -0.2) is 27.2 Å². The van der Waals surface area contributed by atoms with Gasteiger partial charge in [-0.1, -0.05) is 50.4 Å². The molecule has 1 atom stereocenters. The van der Waals surface area contributed by atoms with E-state index in [9.17, 15) is 13.2 Å². The highest BCUT2D eigenvalue weighted by atomic mass is 32.2. The first-order chi connectivity index (χ1) is 11.3. The molecule has 0 aromatic heterocycles. The predicted octanol–water partition coefficient (Wildman–Crippen LogP) is 3.50. The molecule has 1 rings (SSSR count). The molecule has 0 N–H and O–H groups in total. The third kappa shape index (κ3) is 6.54. The molecule has 1 unspecified atom stereocenters. The lowest BCUT2D eigenvalue weighted by molar-refractivity contribution is -0.147. The van der Waals surface area contributed by atoms with Crippen LogP contribution in [0, 0.1) is 5.92 Å². The SMILES string of the molecule is C=CC=CC(=C)COC(=O)C(CC)Cc1cccc(S(C)(=O)=O)c1. The van der Waals surface area contributed by atoms with E-state index in [1.165, 1.54) is 6.26 Å². The summed E-state index contributed by atoms with van der Waals surface area (Å²) < 4.78 is 28.5. The molecule has 0 aliphatic rings. The van der Waals surface area contributed by atoms with Crippen LogP contribution in [0.5, 0.6) is 0 Å². The highest BCUT2D eigenvalue weighted by Gasteiger charge is 2.19. The fraction of sp³-hybridized carbons (Fsp3) is 0.316. The highest BCUT2D eigenvalue weighted by Crippen LogP contribution is 2.18. The van der Waals surface area contributed by atoms with E-state index in [-0.39, 0.29) is 23.4 Å². The van der Waals surface area contributed by atoms with Crippen LogP contribution in [0.25, 0.3) is 0 Å². The Morgan fingerprint density at radius 3 is 2.67 bits per heavy atom. The smallest absolute Gasteiger partial charge is 0.309 e. The van der Waals surface area contributed by atoms with E-state index < -0.39 is 9.84 Å². The van der Waals surface area contributed by atoms with Gasteiger partial charge in [0.1, 0.15) is 6.61 Å². The first kappa shape index (κ1) is 19.9. The van der Waals surface area contributed by atoms with Gasteiger partial charge in [-0.05, 0) is 36.1 Å². The highest BCUT2D eigenvalue weighted by molar-refractivity contribution is 7.90. The van der Waals surface area contributed by atoms with E-state index in [2.05, 4.69) is 13.2 Å². The van der Waals surface area contributed by atoms with Crippen LogP contribution >= 0.6 is 0 Å². The second-order valence-corrected chi connectivity index (χ2v) is 7.61. The molecule has 0 saturated carbocycles. The van der Waals surface area contributed by atoms with Gasteiger partial charge in [0.15, 0.2) is 9.84 Å². The van der Waals surface area contributed by atoms with Gasteiger partial charge >= 0.3 is 5.97 Å². The van der Waals surface area contributed by atoms with Crippen LogP contribution in [0.4, 0.5) is 0 Å². The van der Waals surface area contributed by atoms with Crippen molar-refractivity contribution in [2.45, 2.75) is 24.7 Å². The molecule has 0 amide bonds. The van der Waals surface area contributed by atoms with Gasteiger partial charge < -0.3 is 4.74 Å². The minimum Gasteiger partial charge on any atom is -0.461 e. The standard InChI is InChI=1S/C19H24O4S/c1-5-7-9-15(3)14-23-19(20)17(6-2)12-16-10-8-11-18(13-16)24(4,21)22/h5,7-11,13,17H,1,3,6,12,14H2,2,4H3. The molecule has 24 heavy (non-hydrogen) atoms. The fourth-order valence-electron chi connectivity index (χ4n) is 2.12. The number of esters is 1. The third-order valence-electron chi connectivity index (χ3n) is 3.50. The van der Waals surface area contributed by atoms with Gasteiger partial charge in [0.25, 0.3) is 0 Å². The number of carbonyl (C=O) groups excluding carboxylic acids is 1. The summed E-state index contributed by atoms with van der Waals surface area (Å²) >= 11 is 0. The Labute approximate surface area is 144 Å². The molecule has 0 saturated heterocycles. The van der Waals surface area contributed by atoms with Crippen molar-refractivity contribution in [3.63, 3.8) is 0 Å². The number of carbonyl (C=O) groups is 1. The van der Waals surface area contributed by atoms with Crippen LogP contribution in [0.3, 0.4) is 0 Å². The summed E-state index contributed by atoms with van der Waals surface area (Å²) in [5.41, 5.74) is 1.48. The van der Waals surface area contributed by atoms with Gasteiger partial charge in [-0.3, -0.25) is 4.79 Å². The van der Waals surface area contributed by atoms with E-state index >= 15 is 0 Å². The second-order valence-electron chi connectivity index (χ2n) is 5.59. The van der Waals surface area contributed by atoms with Crippen LogP contribution in [0.2, 0.25) is 0 Å². The molecule has 0 fully saturated rings. The molecule has 0 spiro atoms. The van der Waals surface area contributed by atoms with Crippen LogP contribution in [-0.2, 0) is 25.8 Å². The molecule has 1 aromatic rings. The average Bonchev–Trinajstić information content (AvgIpc) is 2.55. The number of sulfone groups is 1. The van der Waals surface area contributed by atoms with Crippen molar-refractivity contribution in [3.8, 4) is 0 Å². The zero-order chi connectivity index (χ0) is 18.2. The second kappa shape index (κ2) is 9.23. The molecular weight excluding hydrogens is 324 g/mol. The number of allylic oxidation sites excluding steroid dienone is 2. The largest absolute Gasteiger partial charge is 0.461 e. The summed E-state index contributed by atoms with van der Waals surface area (Å²) in [6.07, 6.45) is 7.29. The molecule has 0 heterocycles. The molecule has 5 heteroatoms. The van der Waals surface area contributed by atoms with Crippen LogP contribution in [0.15, 0.2) is 66.1 Å². The van der Waals surface area contributed by atoms with Crippen molar-refractivity contribution in [3.05, 3.63) is 66.8 Å². The Morgan fingerprint density at radius 2 is 2.08 bits per heavy atom. The molecule has 0 bridgehead atoms. The Balaban J connectivity index is 2.73. The first-order valence-electron chi connectivity index (χ1n) is 7.70. The maximum Gasteiger partial charge on any atom is 0.309 e. The number of benzene rings is 1. The van der Waals surface area contributed by atoms with Crippen molar-refractivity contribution in [1.29, 1.82) is 0 Å². The quantitative estimate of drug-likeness (QED) is 0.506. The normalized spacial score (nSPS) is 12.8. The third-order valence-corrected chi connectivity index (χ3v) is 4.61. The molecule has 1 aromatic carbocycles. The average molecular weight is 348 g/mol. The summed E-state index contributed by atoms with van der Waals surface area (Å²) in [5.74, 6) is -0.633. The Kier molecular flexibility index (Phi) is 7.65. The van der Waals surface area contributed by atoms with Gasteiger partial charge in [-0.2, -0.15) is 0 Å². The maximum atomic E-state index is 12.2. The fourth-order valence-corrected chi connectivity index (χ4v) is 2.81. The molecule has 4 nitrogen and oxygen atoms in total. The predicted molar refractivity (Wildman–Crippen MR) is 96.5 cm³/mol. The Hall–Kier alpha value is -2.14. The van der Waals surface area contributed by atoms with Gasteiger partial charge in [0, 0.05) is 6.26 Å². The number of rotatable bonds is 9. The number of ether oxygens (including phenoxy) is 1. The lowest BCUT2D eigenvalue weighted by Crippen LogP contribution is -2.20. The Bertz CT molecular complexity index is 729. The number of hydrogen-bond donors (Lipinski definition) is 0. The van der Waals surface area contributed by atoms with Crippen LogP contribution in [0.1, 0.15) is 18.9 Å². The van der Waals surface area contributed by atoms with E-state index in [0.717, 1.165) is 5.56 Å². The summed E-state index contributed by atoms with van der Waals surface area (Å²) in [4.78, 5) is 12.5. The minimum atomic E-state index is -3.26. The van der Waals surface area contributed by atoms with Gasteiger partial charge in [-0.15, -0.1) is 0 Å². The maximum absolute atomic E-state index is 12.2. The lowest BCUT2D eigenvalue weighted by Gasteiger charge is -2.15. The zero-order valence-corrected chi connectivity index (χ0v) is 15.0.